The Morgan fingerprint density at radius 3 is 2.25 bits per heavy atom. The fourth-order valence-corrected chi connectivity index (χ4v) is 9.34. The topological polar surface area (TPSA) is 106 Å². The highest BCUT2D eigenvalue weighted by Crippen LogP contribution is 2.31. The van der Waals surface area contributed by atoms with E-state index in [1.54, 1.807) is 0 Å². The molecule has 11 nitrogen and oxygen atoms in total. The second-order valence-corrected chi connectivity index (χ2v) is 16.1. The van der Waals surface area contributed by atoms with E-state index in [0.717, 1.165) is 57.3 Å². The number of anilines is 1. The second-order valence-electron chi connectivity index (χ2n) is 14.4. The summed E-state index contributed by atoms with van der Waals surface area (Å²) in [7, 11) is 1.97. The molecule has 3 fully saturated rings. The lowest BCUT2D eigenvalue weighted by molar-refractivity contribution is -0.152. The van der Waals surface area contributed by atoms with E-state index >= 15 is 0 Å². The summed E-state index contributed by atoms with van der Waals surface area (Å²) in [4.78, 5) is 63.9. The number of halogens is 2. The van der Waals surface area contributed by atoms with Gasteiger partial charge in [-0.2, -0.15) is 0 Å². The van der Waals surface area contributed by atoms with Crippen LogP contribution in [0.1, 0.15) is 55.7 Å². The van der Waals surface area contributed by atoms with Crippen LogP contribution in [-0.4, -0.2) is 126 Å². The molecule has 2 atom stereocenters. The van der Waals surface area contributed by atoms with E-state index in [1.165, 1.54) is 0 Å². The van der Waals surface area contributed by atoms with Gasteiger partial charge in [0, 0.05) is 85.5 Å². The van der Waals surface area contributed by atoms with Gasteiger partial charge in [0.15, 0.2) is 0 Å². The lowest BCUT2D eigenvalue weighted by atomic mass is 9.91. The van der Waals surface area contributed by atoms with Gasteiger partial charge in [-0.05, 0) is 87.9 Å². The zero-order valence-corrected chi connectivity index (χ0v) is 33.1. The number of nitrogens with zero attached hydrogens (tertiary/aromatic N) is 5. The van der Waals surface area contributed by atoms with Crippen molar-refractivity contribution in [1.29, 1.82) is 0 Å². The van der Waals surface area contributed by atoms with Crippen molar-refractivity contribution < 1.29 is 23.9 Å². The van der Waals surface area contributed by atoms with Crippen molar-refractivity contribution >= 4 is 61.4 Å². The van der Waals surface area contributed by atoms with Crippen LogP contribution in [0.2, 0.25) is 0 Å². The number of nitrogens with one attached hydrogen (secondary N) is 1. The predicted octanol–water partition coefficient (Wildman–Crippen LogP) is 5.28. The fourth-order valence-electron chi connectivity index (χ4n) is 8.06. The van der Waals surface area contributed by atoms with Gasteiger partial charge >= 0.3 is 12.0 Å². The molecule has 0 saturated carbocycles. The van der Waals surface area contributed by atoms with Crippen molar-refractivity contribution in [3.63, 3.8) is 0 Å². The molecule has 0 radical (unpaired) electrons. The third-order valence-electron chi connectivity index (χ3n) is 11.2. The molecule has 4 aliphatic heterocycles. The number of urea groups is 1. The van der Waals surface area contributed by atoms with Crippen LogP contribution in [0.3, 0.4) is 0 Å². The summed E-state index contributed by atoms with van der Waals surface area (Å²) in [5.74, 6) is -0.653. The van der Waals surface area contributed by atoms with Crippen LogP contribution < -0.4 is 5.32 Å². The number of hydrogen-bond acceptors (Lipinski definition) is 7. The number of carbonyl (C=O) groups is 4. The highest BCUT2D eigenvalue weighted by atomic mass is 79.9. The number of ether oxygens (including phenoxy) is 1. The summed E-state index contributed by atoms with van der Waals surface area (Å²) in [6.45, 7) is 9.47. The van der Waals surface area contributed by atoms with Gasteiger partial charge in [0.1, 0.15) is 6.04 Å². The number of carbonyl (C=O) groups excluding carboxylic acids is 4. The molecule has 2 aromatic carbocycles. The maximum Gasteiger partial charge on any atom is 0.324 e. The minimum atomic E-state index is -0.491. The average molecular weight is 831 g/mol. The summed E-state index contributed by atoms with van der Waals surface area (Å²) >= 11 is 7.33. The molecule has 0 spiro atoms. The molecular weight excluding hydrogens is 780 g/mol. The Balaban J connectivity index is 1.08. The van der Waals surface area contributed by atoms with Crippen molar-refractivity contribution in [2.45, 2.75) is 77.0 Å². The SMILES string of the molecule is CCOC(=O)C1CN(C2CCN(C(=O)C(CC(=O)N3CCC(N4Cc5ccccc5NC4=O)CC3)Cc3cc(Br)c(C)c(Br)c3)CC2)CCN1C. The maximum absolute atomic E-state index is 14.3. The Labute approximate surface area is 318 Å². The monoisotopic (exact) mass is 828 g/mol. The van der Waals surface area contributed by atoms with Gasteiger partial charge in [0.2, 0.25) is 11.8 Å². The number of hydrogen-bond donors (Lipinski definition) is 1. The summed E-state index contributed by atoms with van der Waals surface area (Å²) in [6, 6.07) is 12.0. The predicted molar refractivity (Wildman–Crippen MR) is 203 cm³/mol. The van der Waals surface area contributed by atoms with Crippen LogP contribution in [0.25, 0.3) is 0 Å². The van der Waals surface area contributed by atoms with Gasteiger partial charge in [0.25, 0.3) is 0 Å². The molecule has 2 unspecified atom stereocenters. The highest BCUT2D eigenvalue weighted by molar-refractivity contribution is 9.11. The van der Waals surface area contributed by atoms with Crippen LogP contribution in [0.15, 0.2) is 45.3 Å². The Kier molecular flexibility index (Phi) is 12.4. The lowest BCUT2D eigenvalue weighted by Crippen LogP contribution is -2.59. The smallest absolute Gasteiger partial charge is 0.324 e. The number of likely N-dealkylation sites (N-methyl/N-ethyl adjacent to an activating group) is 1. The zero-order chi connectivity index (χ0) is 36.2. The minimum absolute atomic E-state index is 0.0113. The number of amides is 4. The first-order valence-electron chi connectivity index (χ1n) is 18.3. The molecule has 276 valence electrons. The van der Waals surface area contributed by atoms with E-state index < -0.39 is 5.92 Å². The molecule has 1 N–H and O–H groups in total. The van der Waals surface area contributed by atoms with Crippen LogP contribution in [0.4, 0.5) is 10.5 Å². The van der Waals surface area contributed by atoms with E-state index in [9.17, 15) is 19.2 Å². The number of rotatable bonds is 9. The molecule has 0 bridgehead atoms. The van der Waals surface area contributed by atoms with Crippen LogP contribution >= 0.6 is 31.9 Å². The first kappa shape index (κ1) is 37.7. The molecule has 4 amide bonds. The minimum Gasteiger partial charge on any atom is -0.465 e. The third kappa shape index (κ3) is 8.80. The molecule has 2 aromatic rings. The van der Waals surface area contributed by atoms with Crippen LogP contribution in [0.5, 0.6) is 0 Å². The van der Waals surface area contributed by atoms with Gasteiger partial charge < -0.3 is 24.8 Å². The third-order valence-corrected chi connectivity index (χ3v) is 12.9. The molecule has 4 aliphatic rings. The van der Waals surface area contributed by atoms with Gasteiger partial charge in [-0.3, -0.25) is 24.2 Å². The van der Waals surface area contributed by atoms with Crippen molar-refractivity contribution in [2.75, 3.05) is 64.8 Å². The number of para-hydroxylation sites is 1. The van der Waals surface area contributed by atoms with Gasteiger partial charge in [-0.1, -0.05) is 50.1 Å². The van der Waals surface area contributed by atoms with Crippen LogP contribution in [0, 0.1) is 12.8 Å². The van der Waals surface area contributed by atoms with E-state index in [4.69, 9.17) is 4.74 Å². The molecule has 13 heteroatoms. The summed E-state index contributed by atoms with van der Waals surface area (Å²) in [6.07, 6.45) is 3.67. The molecule has 3 saturated heterocycles. The van der Waals surface area contributed by atoms with E-state index in [2.05, 4.69) is 59.1 Å². The van der Waals surface area contributed by atoms with Crippen LogP contribution in [-0.2, 0) is 32.1 Å². The van der Waals surface area contributed by atoms with Gasteiger partial charge in [-0.15, -0.1) is 0 Å². The normalized spacial score (nSPS) is 21.6. The summed E-state index contributed by atoms with van der Waals surface area (Å²) < 4.78 is 7.27. The average Bonchev–Trinajstić information content (AvgIpc) is 3.13. The number of fused-ring (bicyclic) bond motifs is 1. The quantitative estimate of drug-likeness (QED) is 0.344. The lowest BCUT2D eigenvalue weighted by Gasteiger charge is -2.45. The summed E-state index contributed by atoms with van der Waals surface area (Å²) in [5, 5.41) is 3.01. The Morgan fingerprint density at radius 2 is 1.57 bits per heavy atom. The molecule has 6 rings (SSSR count). The number of benzene rings is 2. The molecular formula is C38H50Br2N6O5. The number of likely N-dealkylation sites (tertiary alicyclic amines) is 2. The molecule has 0 aliphatic carbocycles. The molecule has 4 heterocycles. The highest BCUT2D eigenvalue weighted by Gasteiger charge is 2.38. The Bertz CT molecular complexity index is 1590. The first-order chi connectivity index (χ1) is 24.5. The standard InChI is InChI=1S/C38H50Br2N6O5/c1-4-51-37(49)34-24-45(18-17-42(34)3)29-9-15-44(16-10-29)36(48)28(19-26-20-31(39)25(2)32(40)21-26)22-35(47)43-13-11-30(12-14-43)46-23-27-7-5-6-8-33(27)41-38(46)50/h5-8,20-21,28-30,34H,4,9-19,22-24H2,1-3H3,(H,41,50). The number of esters is 1. The molecule has 0 aromatic heterocycles. The summed E-state index contributed by atoms with van der Waals surface area (Å²) in [5.41, 5.74) is 4.04. The van der Waals surface area contributed by atoms with E-state index in [1.807, 2.05) is 59.9 Å². The van der Waals surface area contributed by atoms with Gasteiger partial charge in [0.05, 0.1) is 12.5 Å². The maximum atomic E-state index is 14.3. The molecule has 51 heavy (non-hydrogen) atoms. The first-order valence-corrected chi connectivity index (χ1v) is 19.9. The second kappa shape index (κ2) is 16.8. The van der Waals surface area contributed by atoms with Crippen molar-refractivity contribution in [1.82, 2.24) is 24.5 Å². The van der Waals surface area contributed by atoms with Crippen molar-refractivity contribution in [3.8, 4) is 0 Å². The van der Waals surface area contributed by atoms with Crippen molar-refractivity contribution in [2.24, 2.45) is 5.92 Å². The fraction of sp³-hybridized carbons (Fsp3) is 0.579. The number of piperazine rings is 1. The van der Waals surface area contributed by atoms with Gasteiger partial charge in [-0.25, -0.2) is 4.79 Å². The largest absolute Gasteiger partial charge is 0.465 e. The van der Waals surface area contributed by atoms with Crippen molar-refractivity contribution in [3.05, 3.63) is 62.0 Å². The Morgan fingerprint density at radius 1 is 0.922 bits per heavy atom. The van der Waals surface area contributed by atoms with E-state index in [0.29, 0.717) is 71.2 Å². The van der Waals surface area contributed by atoms with E-state index in [-0.39, 0.29) is 42.3 Å². The Hall–Kier alpha value is -3.00. The zero-order valence-electron chi connectivity index (χ0n) is 29.9. The number of piperidine rings is 2.